The molecule has 1 aliphatic heterocycles. The standard InChI is InChI=1S/C15H22N4O3/c1-3-18(4-2)15(22)12-7-11(16)9-19(12)14(21)10-5-6-13(20)17-8-10/h5-6,8,11-12H,3-4,7,9,16H2,1-2H3,(H,17,20)/t11-,12-/m0/s1. The highest BCUT2D eigenvalue weighted by Gasteiger charge is 2.39. The van der Waals surface area contributed by atoms with Crippen LogP contribution < -0.4 is 11.3 Å². The number of hydrogen-bond acceptors (Lipinski definition) is 4. The third-order valence-corrected chi connectivity index (χ3v) is 3.99. The van der Waals surface area contributed by atoms with Gasteiger partial charge in [0.05, 0.1) is 5.56 Å². The molecule has 3 N–H and O–H groups in total. The van der Waals surface area contributed by atoms with Gasteiger partial charge in [-0.15, -0.1) is 0 Å². The van der Waals surface area contributed by atoms with E-state index in [-0.39, 0.29) is 23.4 Å². The molecule has 22 heavy (non-hydrogen) atoms. The van der Waals surface area contributed by atoms with Crippen LogP contribution >= 0.6 is 0 Å². The number of aromatic nitrogens is 1. The zero-order valence-corrected chi connectivity index (χ0v) is 12.9. The normalized spacial score (nSPS) is 21.0. The van der Waals surface area contributed by atoms with E-state index in [1.807, 2.05) is 13.8 Å². The molecule has 0 aliphatic carbocycles. The van der Waals surface area contributed by atoms with E-state index in [4.69, 9.17) is 5.73 Å². The molecular formula is C15H22N4O3. The monoisotopic (exact) mass is 306 g/mol. The second-order valence-electron chi connectivity index (χ2n) is 5.42. The van der Waals surface area contributed by atoms with Gasteiger partial charge in [0.15, 0.2) is 0 Å². The molecule has 0 radical (unpaired) electrons. The molecule has 2 heterocycles. The molecule has 0 bridgehead atoms. The van der Waals surface area contributed by atoms with Crippen LogP contribution in [0.3, 0.4) is 0 Å². The van der Waals surface area contributed by atoms with Gasteiger partial charge in [0, 0.05) is 37.9 Å². The maximum absolute atomic E-state index is 12.6. The first-order chi connectivity index (χ1) is 10.5. The lowest BCUT2D eigenvalue weighted by Gasteiger charge is -2.28. The number of carbonyl (C=O) groups is 2. The maximum atomic E-state index is 12.6. The van der Waals surface area contributed by atoms with Crippen LogP contribution in [0.25, 0.3) is 0 Å². The van der Waals surface area contributed by atoms with Crippen LogP contribution in [0.1, 0.15) is 30.6 Å². The number of nitrogens with one attached hydrogen (secondary N) is 1. The zero-order valence-electron chi connectivity index (χ0n) is 12.9. The molecule has 0 unspecified atom stereocenters. The van der Waals surface area contributed by atoms with Crippen molar-refractivity contribution in [3.05, 3.63) is 34.2 Å². The Morgan fingerprint density at radius 2 is 2.05 bits per heavy atom. The number of amides is 2. The molecule has 1 saturated heterocycles. The van der Waals surface area contributed by atoms with E-state index in [1.165, 1.54) is 23.2 Å². The molecule has 1 fully saturated rings. The predicted octanol–water partition coefficient (Wildman–Crippen LogP) is -0.215. The second-order valence-corrected chi connectivity index (χ2v) is 5.42. The Morgan fingerprint density at radius 3 is 2.59 bits per heavy atom. The first-order valence-corrected chi connectivity index (χ1v) is 7.52. The molecule has 1 aliphatic rings. The van der Waals surface area contributed by atoms with Crippen molar-refractivity contribution in [3.8, 4) is 0 Å². The highest BCUT2D eigenvalue weighted by molar-refractivity contribution is 5.97. The summed E-state index contributed by atoms with van der Waals surface area (Å²) in [6, 6.07) is 2.01. The molecule has 1 aromatic heterocycles. The zero-order chi connectivity index (χ0) is 16.3. The van der Waals surface area contributed by atoms with Crippen LogP contribution in [0.4, 0.5) is 0 Å². The largest absolute Gasteiger partial charge is 0.341 e. The number of pyridine rings is 1. The highest BCUT2D eigenvalue weighted by Crippen LogP contribution is 2.21. The van der Waals surface area contributed by atoms with Crippen LogP contribution in [0.15, 0.2) is 23.1 Å². The van der Waals surface area contributed by atoms with E-state index in [0.29, 0.717) is 31.6 Å². The molecular weight excluding hydrogens is 284 g/mol. The summed E-state index contributed by atoms with van der Waals surface area (Å²) in [4.78, 5) is 42.0. The van der Waals surface area contributed by atoms with Gasteiger partial charge in [0.25, 0.3) is 5.91 Å². The van der Waals surface area contributed by atoms with E-state index >= 15 is 0 Å². The summed E-state index contributed by atoms with van der Waals surface area (Å²) in [5, 5.41) is 0. The Balaban J connectivity index is 2.23. The fraction of sp³-hybridized carbons (Fsp3) is 0.533. The van der Waals surface area contributed by atoms with Crippen molar-refractivity contribution in [3.63, 3.8) is 0 Å². The van der Waals surface area contributed by atoms with Crippen molar-refractivity contribution in [2.75, 3.05) is 19.6 Å². The summed E-state index contributed by atoms with van der Waals surface area (Å²) in [6.45, 7) is 5.36. The number of carbonyl (C=O) groups excluding carboxylic acids is 2. The summed E-state index contributed by atoms with van der Waals surface area (Å²) < 4.78 is 0. The summed E-state index contributed by atoms with van der Waals surface area (Å²) >= 11 is 0. The van der Waals surface area contributed by atoms with Gasteiger partial charge in [-0.3, -0.25) is 14.4 Å². The molecule has 120 valence electrons. The number of nitrogens with two attached hydrogens (primary N) is 1. The molecule has 2 atom stereocenters. The minimum atomic E-state index is -0.533. The molecule has 0 spiro atoms. The molecule has 7 nitrogen and oxygen atoms in total. The Bertz CT molecular complexity index is 589. The van der Waals surface area contributed by atoms with E-state index in [1.54, 1.807) is 4.90 Å². The molecule has 1 aromatic rings. The summed E-state index contributed by atoms with van der Waals surface area (Å²) in [6.07, 6.45) is 1.83. The van der Waals surface area contributed by atoms with Crippen LogP contribution in [-0.4, -0.2) is 58.3 Å². The molecule has 7 heteroatoms. The SMILES string of the molecule is CCN(CC)C(=O)[C@@H]1C[C@H](N)CN1C(=O)c1ccc(=O)[nH]c1. The molecule has 0 saturated carbocycles. The Hall–Kier alpha value is -2.15. The third kappa shape index (κ3) is 3.19. The van der Waals surface area contributed by atoms with E-state index in [0.717, 1.165) is 0 Å². The van der Waals surface area contributed by atoms with Crippen molar-refractivity contribution in [2.45, 2.75) is 32.4 Å². The number of hydrogen-bond donors (Lipinski definition) is 2. The van der Waals surface area contributed by atoms with Gasteiger partial charge in [-0.2, -0.15) is 0 Å². The van der Waals surface area contributed by atoms with Crippen molar-refractivity contribution in [1.82, 2.24) is 14.8 Å². The van der Waals surface area contributed by atoms with E-state index in [2.05, 4.69) is 4.98 Å². The average Bonchev–Trinajstić information content (AvgIpc) is 2.90. The van der Waals surface area contributed by atoms with Gasteiger partial charge in [-0.25, -0.2) is 0 Å². The summed E-state index contributed by atoms with van der Waals surface area (Å²) in [7, 11) is 0. The second kappa shape index (κ2) is 6.74. The van der Waals surface area contributed by atoms with E-state index < -0.39 is 6.04 Å². The number of H-pyrrole nitrogens is 1. The lowest BCUT2D eigenvalue weighted by Crippen LogP contribution is -2.47. The fourth-order valence-electron chi connectivity index (χ4n) is 2.78. The average molecular weight is 306 g/mol. The van der Waals surface area contributed by atoms with Gasteiger partial charge in [0.1, 0.15) is 6.04 Å². The quantitative estimate of drug-likeness (QED) is 0.803. The summed E-state index contributed by atoms with van der Waals surface area (Å²) in [5.74, 6) is -0.356. The Morgan fingerprint density at radius 1 is 1.36 bits per heavy atom. The number of aromatic amines is 1. The van der Waals surface area contributed by atoms with Gasteiger partial charge in [-0.05, 0) is 26.3 Å². The molecule has 2 amide bonds. The third-order valence-electron chi connectivity index (χ3n) is 3.99. The lowest BCUT2D eigenvalue weighted by molar-refractivity contribution is -0.134. The van der Waals surface area contributed by atoms with Crippen LogP contribution in [0.2, 0.25) is 0 Å². The smallest absolute Gasteiger partial charge is 0.256 e. The number of nitrogens with zero attached hydrogens (tertiary/aromatic N) is 2. The number of rotatable bonds is 4. The predicted molar refractivity (Wildman–Crippen MR) is 82.4 cm³/mol. The maximum Gasteiger partial charge on any atom is 0.256 e. The van der Waals surface area contributed by atoms with Gasteiger partial charge < -0.3 is 20.5 Å². The van der Waals surface area contributed by atoms with Crippen molar-refractivity contribution < 1.29 is 9.59 Å². The van der Waals surface area contributed by atoms with Crippen molar-refractivity contribution in [1.29, 1.82) is 0 Å². The number of likely N-dealkylation sites (N-methyl/N-ethyl adjacent to an activating group) is 1. The fourth-order valence-corrected chi connectivity index (χ4v) is 2.78. The minimum absolute atomic E-state index is 0.0734. The van der Waals surface area contributed by atoms with Crippen molar-refractivity contribution >= 4 is 11.8 Å². The van der Waals surface area contributed by atoms with Crippen molar-refractivity contribution in [2.24, 2.45) is 5.73 Å². The van der Waals surface area contributed by atoms with Crippen LogP contribution in [-0.2, 0) is 4.79 Å². The molecule has 2 rings (SSSR count). The first-order valence-electron chi connectivity index (χ1n) is 7.52. The highest BCUT2D eigenvalue weighted by atomic mass is 16.2. The lowest BCUT2D eigenvalue weighted by atomic mass is 10.1. The van der Waals surface area contributed by atoms with Crippen LogP contribution in [0, 0.1) is 0 Å². The molecule has 0 aromatic carbocycles. The Kier molecular flexibility index (Phi) is 4.97. The van der Waals surface area contributed by atoms with E-state index in [9.17, 15) is 14.4 Å². The van der Waals surface area contributed by atoms with Crippen LogP contribution in [0.5, 0.6) is 0 Å². The van der Waals surface area contributed by atoms with Gasteiger partial charge in [-0.1, -0.05) is 0 Å². The summed E-state index contributed by atoms with van der Waals surface area (Å²) in [5.41, 5.74) is 6.03. The first kappa shape index (κ1) is 16.2. The van der Waals surface area contributed by atoms with Gasteiger partial charge in [0.2, 0.25) is 11.5 Å². The number of likely N-dealkylation sites (tertiary alicyclic amines) is 1. The minimum Gasteiger partial charge on any atom is -0.341 e. The topological polar surface area (TPSA) is 99.5 Å². The van der Waals surface area contributed by atoms with Gasteiger partial charge >= 0.3 is 0 Å². The Labute approximate surface area is 129 Å².